The average molecular weight is 214 g/mol. The number of rotatable bonds is 0. The topological polar surface area (TPSA) is 0 Å². The second-order valence-corrected chi connectivity index (χ2v) is 6.25. The van der Waals surface area contributed by atoms with Crippen LogP contribution in [0.4, 0.5) is 0 Å². The van der Waals surface area contributed by atoms with Crippen LogP contribution in [0.25, 0.3) is 0 Å². The lowest BCUT2D eigenvalue weighted by molar-refractivity contribution is 0.0523. The molecule has 2 saturated carbocycles. The molecule has 0 N–H and O–H groups in total. The van der Waals surface area contributed by atoms with Crippen molar-refractivity contribution in [1.82, 2.24) is 0 Å². The molecular formula is C16H22. The van der Waals surface area contributed by atoms with E-state index in [2.05, 4.69) is 51.5 Å². The van der Waals surface area contributed by atoms with E-state index >= 15 is 0 Å². The first-order valence-corrected chi connectivity index (χ1v) is 6.75. The summed E-state index contributed by atoms with van der Waals surface area (Å²) in [7, 11) is 0. The van der Waals surface area contributed by atoms with Gasteiger partial charge in [0, 0.05) is 0 Å². The highest BCUT2D eigenvalue weighted by Crippen LogP contribution is 2.61. The minimum Gasteiger partial charge on any atom is -0.0805 e. The third-order valence-electron chi connectivity index (χ3n) is 5.62. The minimum atomic E-state index is 0.353. The second-order valence-electron chi connectivity index (χ2n) is 6.25. The quantitative estimate of drug-likeness (QED) is 0.569. The molecule has 0 bridgehead atoms. The van der Waals surface area contributed by atoms with E-state index in [9.17, 15) is 0 Å². The zero-order valence-electron chi connectivity index (χ0n) is 10.6. The van der Waals surface area contributed by atoms with Crippen molar-refractivity contribution >= 4 is 0 Å². The van der Waals surface area contributed by atoms with Gasteiger partial charge in [-0.3, -0.25) is 0 Å². The van der Waals surface area contributed by atoms with E-state index in [-0.39, 0.29) is 0 Å². The molecule has 0 nitrogen and oxygen atoms in total. The predicted octanol–water partition coefficient (Wildman–Crippen LogP) is 4.13. The minimum absolute atomic E-state index is 0.353. The molecule has 0 aliphatic heterocycles. The van der Waals surface area contributed by atoms with Crippen LogP contribution in [0, 0.1) is 41.4 Å². The first-order valence-electron chi connectivity index (χ1n) is 6.75. The Hall–Kier alpha value is -0.520. The summed E-state index contributed by atoms with van der Waals surface area (Å²) in [6, 6.07) is 0. The van der Waals surface area contributed by atoms with Crippen molar-refractivity contribution in [3.63, 3.8) is 0 Å². The maximum atomic E-state index is 3.91. The number of hydrogen-bond acceptors (Lipinski definition) is 0. The summed E-state index contributed by atoms with van der Waals surface area (Å²) in [6.45, 7) is 7.31. The van der Waals surface area contributed by atoms with Gasteiger partial charge in [0.2, 0.25) is 0 Å². The van der Waals surface area contributed by atoms with E-state index < -0.39 is 0 Å². The summed E-state index contributed by atoms with van der Waals surface area (Å²) in [5.41, 5.74) is 0.353. The van der Waals surface area contributed by atoms with Gasteiger partial charge in [-0.1, -0.05) is 51.5 Å². The van der Waals surface area contributed by atoms with Gasteiger partial charge in [-0.05, 0) is 47.8 Å². The Kier molecular flexibility index (Phi) is 2.31. The Bertz CT molecular complexity index is 338. The van der Waals surface area contributed by atoms with Gasteiger partial charge in [-0.2, -0.15) is 0 Å². The van der Waals surface area contributed by atoms with Crippen LogP contribution < -0.4 is 0 Å². The van der Waals surface area contributed by atoms with Crippen molar-refractivity contribution in [3.05, 3.63) is 30.7 Å². The summed E-state index contributed by atoms with van der Waals surface area (Å²) in [4.78, 5) is 0. The molecule has 0 aromatic carbocycles. The SMILES string of the molecule is CC1CCC2C3C=CC=CC3[C]C2(C)C1C. The monoisotopic (exact) mass is 214 g/mol. The van der Waals surface area contributed by atoms with Gasteiger partial charge >= 0.3 is 0 Å². The maximum Gasteiger partial charge on any atom is -0.00221 e. The molecule has 0 amide bonds. The van der Waals surface area contributed by atoms with Gasteiger partial charge in [0.1, 0.15) is 0 Å². The van der Waals surface area contributed by atoms with Crippen molar-refractivity contribution in [1.29, 1.82) is 0 Å². The van der Waals surface area contributed by atoms with Crippen LogP contribution in [0.5, 0.6) is 0 Å². The Morgan fingerprint density at radius 1 is 1.12 bits per heavy atom. The highest BCUT2D eigenvalue weighted by molar-refractivity contribution is 5.27. The van der Waals surface area contributed by atoms with E-state index in [1.165, 1.54) is 12.8 Å². The van der Waals surface area contributed by atoms with E-state index in [0.717, 1.165) is 23.7 Å². The maximum absolute atomic E-state index is 3.91. The van der Waals surface area contributed by atoms with Gasteiger partial charge in [0.05, 0.1) is 0 Å². The molecule has 2 fully saturated rings. The molecule has 3 aliphatic carbocycles. The van der Waals surface area contributed by atoms with Gasteiger partial charge in [-0.25, -0.2) is 0 Å². The molecule has 6 atom stereocenters. The Balaban J connectivity index is 1.95. The highest BCUT2D eigenvalue weighted by Gasteiger charge is 2.54. The Morgan fingerprint density at radius 3 is 2.69 bits per heavy atom. The van der Waals surface area contributed by atoms with Crippen LogP contribution >= 0.6 is 0 Å². The molecular weight excluding hydrogens is 192 g/mol. The molecule has 0 spiro atoms. The number of fused-ring (bicyclic) bond motifs is 3. The zero-order chi connectivity index (χ0) is 11.3. The lowest BCUT2D eigenvalue weighted by Crippen LogP contribution is -2.39. The van der Waals surface area contributed by atoms with Crippen molar-refractivity contribution in [2.45, 2.75) is 33.6 Å². The summed E-state index contributed by atoms with van der Waals surface area (Å²) in [5, 5.41) is 0. The molecule has 0 saturated heterocycles. The van der Waals surface area contributed by atoms with Crippen LogP contribution in [0.1, 0.15) is 33.6 Å². The van der Waals surface area contributed by atoms with Gasteiger partial charge in [0.25, 0.3) is 0 Å². The van der Waals surface area contributed by atoms with Crippen LogP contribution in [-0.2, 0) is 0 Å². The van der Waals surface area contributed by atoms with Gasteiger partial charge < -0.3 is 0 Å². The smallest absolute Gasteiger partial charge is 0.00221 e. The van der Waals surface area contributed by atoms with E-state index in [4.69, 9.17) is 0 Å². The zero-order valence-corrected chi connectivity index (χ0v) is 10.6. The molecule has 0 aromatic rings. The fourth-order valence-corrected chi connectivity index (χ4v) is 4.26. The lowest BCUT2D eigenvalue weighted by atomic mass is 9.58. The summed E-state index contributed by atoms with van der Waals surface area (Å²) in [6.07, 6.45) is 15.9. The van der Waals surface area contributed by atoms with E-state index in [1.807, 2.05) is 0 Å². The average Bonchev–Trinajstić information content (AvgIpc) is 2.58. The van der Waals surface area contributed by atoms with Crippen LogP contribution in [0.3, 0.4) is 0 Å². The number of allylic oxidation sites excluding steroid dienone is 4. The molecule has 86 valence electrons. The van der Waals surface area contributed by atoms with Crippen molar-refractivity contribution < 1.29 is 0 Å². The largest absolute Gasteiger partial charge is 0.0805 e. The van der Waals surface area contributed by atoms with Crippen LogP contribution in [0.2, 0.25) is 0 Å². The molecule has 0 aromatic heterocycles. The highest BCUT2D eigenvalue weighted by atomic mass is 14.6. The second kappa shape index (κ2) is 3.48. The van der Waals surface area contributed by atoms with E-state index in [0.29, 0.717) is 11.3 Å². The molecule has 2 radical (unpaired) electrons. The standard InChI is InChI=1S/C16H22/c1-11-8-9-15-14-7-5-4-6-13(14)10-16(15,3)12(11)2/h4-7,11-15H,8-9H2,1-3H3. The normalized spacial score (nSPS) is 54.8. The van der Waals surface area contributed by atoms with Crippen molar-refractivity contribution in [2.24, 2.45) is 35.0 Å². The molecule has 0 heterocycles. The van der Waals surface area contributed by atoms with Crippen LogP contribution in [0.15, 0.2) is 24.3 Å². The van der Waals surface area contributed by atoms with Crippen molar-refractivity contribution in [3.8, 4) is 0 Å². The third-order valence-corrected chi connectivity index (χ3v) is 5.62. The van der Waals surface area contributed by atoms with E-state index in [1.54, 1.807) is 0 Å². The summed E-state index contributed by atoms with van der Waals surface area (Å²) in [5.74, 6) is 3.82. The molecule has 6 unspecified atom stereocenters. The van der Waals surface area contributed by atoms with Crippen LogP contribution in [-0.4, -0.2) is 0 Å². The van der Waals surface area contributed by atoms with Gasteiger partial charge in [-0.15, -0.1) is 0 Å². The third kappa shape index (κ3) is 1.28. The summed E-state index contributed by atoms with van der Waals surface area (Å²) >= 11 is 0. The Morgan fingerprint density at radius 2 is 1.88 bits per heavy atom. The van der Waals surface area contributed by atoms with Crippen molar-refractivity contribution in [2.75, 3.05) is 0 Å². The fraction of sp³-hybridized carbons (Fsp3) is 0.688. The predicted molar refractivity (Wildman–Crippen MR) is 67.7 cm³/mol. The Labute approximate surface area is 99.8 Å². The first-order chi connectivity index (χ1) is 7.63. The lowest BCUT2D eigenvalue weighted by Gasteiger charge is -2.46. The molecule has 0 heteroatoms. The number of hydrogen-bond donors (Lipinski definition) is 0. The molecule has 3 aliphatic rings. The molecule has 3 rings (SSSR count). The first kappa shape index (κ1) is 10.6. The summed E-state index contributed by atoms with van der Waals surface area (Å²) < 4.78 is 0. The molecule has 16 heavy (non-hydrogen) atoms. The fourth-order valence-electron chi connectivity index (χ4n) is 4.26. The van der Waals surface area contributed by atoms with Gasteiger partial charge in [0.15, 0.2) is 0 Å².